The highest BCUT2D eigenvalue weighted by atomic mass is 32.2. The van der Waals surface area contributed by atoms with E-state index in [-0.39, 0.29) is 68.2 Å². The van der Waals surface area contributed by atoms with Crippen LogP contribution in [0.4, 0.5) is 0 Å². The van der Waals surface area contributed by atoms with Crippen LogP contribution < -0.4 is 21.3 Å². The first kappa shape index (κ1) is 46.7. The standard InChI is InChI=1S/C34H52N8O9S2/c1-26(43)40(49)22-8-2-5-19-36-29(44)15-17-31(46)41(50)23-9-3-6-20-37-30(45)16-18-32(47)42(51)24-10-4-7-21-38-34(52)39-33(48)27-11-13-28(14-12-27)53-25-35/h11-14,49-51H,2-10,15-24H2,1H3,(H,36,44)(H,37,45)(H2,38,39,48,52). The number of benzene rings is 1. The number of amides is 6. The lowest BCUT2D eigenvalue weighted by Crippen LogP contribution is -2.39. The van der Waals surface area contributed by atoms with Gasteiger partial charge in [0, 0.05) is 82.3 Å². The van der Waals surface area contributed by atoms with Gasteiger partial charge >= 0.3 is 0 Å². The monoisotopic (exact) mass is 780 g/mol. The van der Waals surface area contributed by atoms with Crippen LogP contribution in [0.15, 0.2) is 29.2 Å². The molecule has 1 rings (SSSR count). The Kier molecular flexibility index (Phi) is 24.8. The summed E-state index contributed by atoms with van der Waals surface area (Å²) in [5, 5.41) is 52.8. The molecule has 0 bridgehead atoms. The normalized spacial score (nSPS) is 10.4. The van der Waals surface area contributed by atoms with E-state index in [9.17, 15) is 44.4 Å². The fourth-order valence-electron chi connectivity index (χ4n) is 4.58. The van der Waals surface area contributed by atoms with Gasteiger partial charge in [0.15, 0.2) is 5.11 Å². The number of unbranched alkanes of at least 4 members (excludes halogenated alkanes) is 6. The summed E-state index contributed by atoms with van der Waals surface area (Å²) < 4.78 is 0. The highest BCUT2D eigenvalue weighted by molar-refractivity contribution is 8.03. The van der Waals surface area contributed by atoms with Crippen molar-refractivity contribution in [3.05, 3.63) is 29.8 Å². The van der Waals surface area contributed by atoms with Gasteiger partial charge in [-0.25, -0.2) is 15.2 Å². The molecular formula is C34H52N8O9S2. The second kappa shape index (κ2) is 28.2. The number of nitrogens with one attached hydrogen (secondary N) is 4. The minimum absolute atomic E-state index is 0.0617. The molecule has 0 fully saturated rings. The average molecular weight is 781 g/mol. The Bertz CT molecular complexity index is 1380. The van der Waals surface area contributed by atoms with E-state index >= 15 is 0 Å². The predicted octanol–water partition coefficient (Wildman–Crippen LogP) is 2.84. The number of hydrogen-bond donors (Lipinski definition) is 7. The Labute approximate surface area is 319 Å². The number of hydroxylamine groups is 6. The smallest absolute Gasteiger partial charge is 0.257 e. The third kappa shape index (κ3) is 23.0. The molecule has 0 radical (unpaired) electrons. The predicted molar refractivity (Wildman–Crippen MR) is 198 cm³/mol. The molecule has 0 saturated carbocycles. The molecule has 7 N–H and O–H groups in total. The molecule has 0 unspecified atom stereocenters. The van der Waals surface area contributed by atoms with Crippen LogP contribution in [-0.2, 0) is 24.0 Å². The molecule has 0 aliphatic rings. The van der Waals surface area contributed by atoms with E-state index in [1.165, 1.54) is 6.92 Å². The lowest BCUT2D eigenvalue weighted by atomic mass is 10.2. The van der Waals surface area contributed by atoms with Gasteiger partial charge in [0.25, 0.3) is 5.91 Å². The molecular weight excluding hydrogens is 729 g/mol. The first-order valence-corrected chi connectivity index (χ1v) is 18.8. The quantitative estimate of drug-likeness (QED) is 0.0179. The van der Waals surface area contributed by atoms with E-state index in [0.29, 0.717) is 98.2 Å². The fraction of sp³-hybridized carbons (Fsp3) is 0.588. The molecule has 17 nitrogen and oxygen atoms in total. The van der Waals surface area contributed by atoms with E-state index in [0.717, 1.165) is 16.7 Å². The summed E-state index contributed by atoms with van der Waals surface area (Å²) in [6, 6.07) is 6.55. The van der Waals surface area contributed by atoms with Crippen LogP contribution in [0.3, 0.4) is 0 Å². The average Bonchev–Trinajstić information content (AvgIpc) is 3.13. The maximum absolute atomic E-state index is 12.3. The first-order chi connectivity index (χ1) is 25.3. The minimum Gasteiger partial charge on any atom is -0.362 e. The SMILES string of the molecule is CC(=O)N(O)CCCCCNC(=O)CCC(=O)N(O)CCCCCNC(=O)CCC(=O)N(O)CCCCCNC(=S)NC(=O)c1ccc(SC#N)cc1. The second-order valence-electron chi connectivity index (χ2n) is 12.0. The fourth-order valence-corrected chi connectivity index (χ4v) is 5.15. The highest BCUT2D eigenvalue weighted by Gasteiger charge is 2.15. The van der Waals surface area contributed by atoms with E-state index in [1.807, 2.05) is 5.40 Å². The second-order valence-corrected chi connectivity index (χ2v) is 13.3. The minimum atomic E-state index is -0.569. The van der Waals surface area contributed by atoms with Crippen molar-refractivity contribution in [2.75, 3.05) is 39.3 Å². The Balaban J connectivity index is 2.03. The summed E-state index contributed by atoms with van der Waals surface area (Å²) in [6.45, 7) is 2.91. The molecule has 0 spiro atoms. The molecule has 0 aromatic heterocycles. The van der Waals surface area contributed by atoms with Gasteiger partial charge in [0.2, 0.25) is 29.5 Å². The summed E-state index contributed by atoms with van der Waals surface area (Å²) in [7, 11) is 0. The molecule has 294 valence electrons. The zero-order valence-corrected chi connectivity index (χ0v) is 31.8. The Morgan fingerprint density at radius 3 is 1.53 bits per heavy atom. The molecule has 0 heterocycles. The maximum Gasteiger partial charge on any atom is 0.257 e. The number of carbonyl (C=O) groups is 6. The highest BCUT2D eigenvalue weighted by Crippen LogP contribution is 2.16. The van der Waals surface area contributed by atoms with Crippen molar-refractivity contribution in [3.8, 4) is 5.40 Å². The lowest BCUT2D eigenvalue weighted by Gasteiger charge is -2.15. The molecule has 53 heavy (non-hydrogen) atoms. The summed E-state index contributed by atoms with van der Waals surface area (Å²) in [5.74, 6) is -2.58. The third-order valence-electron chi connectivity index (χ3n) is 7.65. The summed E-state index contributed by atoms with van der Waals surface area (Å²) >= 11 is 6.14. The van der Waals surface area contributed by atoms with Crippen LogP contribution in [0.1, 0.15) is 101 Å². The van der Waals surface area contributed by atoms with Gasteiger partial charge in [-0.1, -0.05) is 0 Å². The van der Waals surface area contributed by atoms with Gasteiger partial charge in [-0.05, 0) is 106 Å². The number of carbonyl (C=O) groups excluding carboxylic acids is 6. The first-order valence-electron chi connectivity index (χ1n) is 17.6. The van der Waals surface area contributed by atoms with Crippen LogP contribution in [0.2, 0.25) is 0 Å². The molecule has 1 aromatic carbocycles. The number of nitrogens with zero attached hydrogens (tertiary/aromatic N) is 4. The van der Waals surface area contributed by atoms with E-state index < -0.39 is 17.7 Å². The summed E-state index contributed by atoms with van der Waals surface area (Å²) in [4.78, 5) is 72.2. The van der Waals surface area contributed by atoms with Gasteiger partial charge < -0.3 is 16.0 Å². The van der Waals surface area contributed by atoms with E-state index in [4.69, 9.17) is 17.5 Å². The number of thiocarbonyl (C=S) groups is 1. The van der Waals surface area contributed by atoms with Crippen molar-refractivity contribution in [2.45, 2.75) is 95.3 Å². The van der Waals surface area contributed by atoms with Crippen LogP contribution in [0.25, 0.3) is 0 Å². The number of thioether (sulfide) groups is 1. The van der Waals surface area contributed by atoms with Crippen molar-refractivity contribution in [1.29, 1.82) is 5.26 Å². The van der Waals surface area contributed by atoms with Crippen LogP contribution >= 0.6 is 24.0 Å². The van der Waals surface area contributed by atoms with Crippen molar-refractivity contribution >= 4 is 64.5 Å². The topological polar surface area (TPSA) is 245 Å². The molecule has 0 aliphatic heterocycles. The van der Waals surface area contributed by atoms with Crippen molar-refractivity contribution in [1.82, 2.24) is 36.5 Å². The van der Waals surface area contributed by atoms with Crippen LogP contribution in [-0.4, -0.2) is 111 Å². The van der Waals surface area contributed by atoms with E-state index in [1.54, 1.807) is 24.3 Å². The van der Waals surface area contributed by atoms with Gasteiger partial charge in [-0.3, -0.25) is 49.7 Å². The number of nitriles is 1. The molecule has 0 aliphatic carbocycles. The molecule has 0 atom stereocenters. The van der Waals surface area contributed by atoms with Crippen molar-refractivity contribution in [2.24, 2.45) is 0 Å². The summed E-state index contributed by atoms with van der Waals surface area (Å²) in [5.41, 5.74) is 0.405. The summed E-state index contributed by atoms with van der Waals surface area (Å²) in [6.07, 6.45) is 5.07. The van der Waals surface area contributed by atoms with Gasteiger partial charge in [-0.2, -0.15) is 5.26 Å². The largest absolute Gasteiger partial charge is 0.362 e. The Hall–Kier alpha value is -4.35. The Morgan fingerprint density at radius 2 is 1.09 bits per heavy atom. The zero-order valence-electron chi connectivity index (χ0n) is 30.1. The lowest BCUT2D eigenvalue weighted by molar-refractivity contribution is -0.166. The van der Waals surface area contributed by atoms with E-state index in [2.05, 4.69) is 21.3 Å². The van der Waals surface area contributed by atoms with Crippen LogP contribution in [0, 0.1) is 10.7 Å². The third-order valence-corrected chi connectivity index (χ3v) is 8.49. The number of hydrogen-bond acceptors (Lipinski definition) is 12. The molecule has 1 aromatic rings. The van der Waals surface area contributed by atoms with Gasteiger partial charge in [0.1, 0.15) is 5.40 Å². The van der Waals surface area contributed by atoms with Crippen LogP contribution in [0.5, 0.6) is 0 Å². The number of rotatable bonds is 26. The molecule has 0 saturated heterocycles. The molecule has 19 heteroatoms. The van der Waals surface area contributed by atoms with Gasteiger partial charge in [-0.15, -0.1) is 0 Å². The maximum atomic E-state index is 12.3. The Morgan fingerprint density at radius 1 is 0.660 bits per heavy atom. The molecule has 6 amide bonds. The number of thiocyanates is 1. The van der Waals surface area contributed by atoms with Gasteiger partial charge in [0.05, 0.1) is 0 Å². The van der Waals surface area contributed by atoms with Crippen molar-refractivity contribution < 1.29 is 44.4 Å². The zero-order chi connectivity index (χ0) is 39.4. The van der Waals surface area contributed by atoms with Crippen molar-refractivity contribution in [3.63, 3.8) is 0 Å².